The predicted molar refractivity (Wildman–Crippen MR) is 66.1 cm³/mol. The van der Waals surface area contributed by atoms with Crippen LogP contribution >= 0.6 is 0 Å². The van der Waals surface area contributed by atoms with Crippen LogP contribution in [-0.4, -0.2) is 20.8 Å². The molecule has 0 saturated carbocycles. The fraction of sp³-hybridized carbons (Fsp3) is 0.385. The van der Waals surface area contributed by atoms with Crippen molar-refractivity contribution in [2.75, 3.05) is 26.1 Å². The van der Waals surface area contributed by atoms with Crippen LogP contribution in [0.3, 0.4) is 0 Å². The third kappa shape index (κ3) is 3.76. The molecule has 1 aromatic carbocycles. The molecule has 0 heterocycles. The Morgan fingerprint density at radius 3 is 2.47 bits per heavy atom. The Morgan fingerprint density at radius 1 is 1.33 bits per heavy atom. The molecule has 82 valence electrons. The van der Waals surface area contributed by atoms with Crippen molar-refractivity contribution < 1.29 is 4.74 Å². The normalized spacial score (nSPS) is 11.5. The molecule has 2 heteroatoms. The molecule has 0 unspecified atom stereocenters. The van der Waals surface area contributed by atoms with Gasteiger partial charge in [0.1, 0.15) is 0 Å². The summed E-state index contributed by atoms with van der Waals surface area (Å²) in [5, 5.41) is 3.10. The topological polar surface area (TPSA) is 21.3 Å². The van der Waals surface area contributed by atoms with E-state index in [2.05, 4.69) is 42.6 Å². The third-order valence-electron chi connectivity index (χ3n) is 2.35. The summed E-state index contributed by atoms with van der Waals surface area (Å²) >= 11 is 0. The van der Waals surface area contributed by atoms with E-state index in [1.165, 1.54) is 11.1 Å². The van der Waals surface area contributed by atoms with Gasteiger partial charge in [-0.25, -0.2) is 0 Å². The molecule has 1 aromatic rings. The maximum absolute atomic E-state index is 5.13. The van der Waals surface area contributed by atoms with Gasteiger partial charge in [0.05, 0.1) is 6.61 Å². The van der Waals surface area contributed by atoms with Crippen molar-refractivity contribution in [3.8, 4) is 0 Å². The molecule has 0 spiro atoms. The Labute approximate surface area is 92.0 Å². The van der Waals surface area contributed by atoms with Gasteiger partial charge in [-0.2, -0.15) is 0 Å². The summed E-state index contributed by atoms with van der Waals surface area (Å²) in [5.74, 6) is 0. The quantitative estimate of drug-likeness (QED) is 0.797. The molecule has 0 aromatic heterocycles. The smallest absolute Gasteiger partial charge is 0.0676 e. The summed E-state index contributed by atoms with van der Waals surface area (Å²) in [4.78, 5) is 0. The molecule has 0 atom stereocenters. The molecule has 0 amide bonds. The van der Waals surface area contributed by atoms with Crippen LogP contribution in [0.25, 0.3) is 6.08 Å². The minimum absolute atomic E-state index is 0.713. The Bertz CT molecular complexity index is 314. The van der Waals surface area contributed by atoms with Gasteiger partial charge in [0, 0.05) is 19.8 Å². The average molecular weight is 205 g/mol. The van der Waals surface area contributed by atoms with E-state index in [4.69, 9.17) is 4.74 Å². The lowest BCUT2D eigenvalue weighted by molar-refractivity contribution is 0.224. The monoisotopic (exact) mass is 205 g/mol. The summed E-state index contributed by atoms with van der Waals surface area (Å²) in [6, 6.07) is 8.37. The van der Waals surface area contributed by atoms with Crippen molar-refractivity contribution in [3.05, 3.63) is 35.4 Å². The highest BCUT2D eigenvalue weighted by Crippen LogP contribution is 2.13. The second-order valence-corrected chi connectivity index (χ2v) is 3.46. The van der Waals surface area contributed by atoms with Gasteiger partial charge in [0.15, 0.2) is 0 Å². The molecule has 0 bridgehead atoms. The molecule has 0 aliphatic carbocycles. The van der Waals surface area contributed by atoms with Crippen LogP contribution in [0.2, 0.25) is 0 Å². The Hall–Kier alpha value is -1.28. The van der Waals surface area contributed by atoms with Crippen molar-refractivity contribution in [1.82, 2.24) is 0 Å². The highest BCUT2D eigenvalue weighted by atomic mass is 16.5. The summed E-state index contributed by atoms with van der Waals surface area (Å²) in [6.45, 7) is 2.86. The predicted octanol–water partition coefficient (Wildman–Crippen LogP) is 3.17. The van der Waals surface area contributed by atoms with Gasteiger partial charge in [-0.05, 0) is 29.7 Å². The lowest BCUT2D eigenvalue weighted by atomic mass is 10.1. The maximum Gasteiger partial charge on any atom is 0.0676 e. The molecule has 0 radical (unpaired) electrons. The lowest BCUT2D eigenvalue weighted by Crippen LogP contribution is -1.93. The van der Waals surface area contributed by atoms with Gasteiger partial charge in [-0.15, -0.1) is 0 Å². The molecule has 0 saturated heterocycles. The SMILES string of the molecule is CC/C(=C\c1ccc(NC)cc1)COC. The zero-order valence-electron chi connectivity index (χ0n) is 9.71. The molecule has 2 nitrogen and oxygen atoms in total. The fourth-order valence-electron chi connectivity index (χ4n) is 1.41. The van der Waals surface area contributed by atoms with Crippen molar-refractivity contribution in [2.24, 2.45) is 0 Å². The second kappa shape index (κ2) is 6.25. The first-order valence-electron chi connectivity index (χ1n) is 5.26. The number of methoxy groups -OCH3 is 1. The van der Waals surface area contributed by atoms with Crippen LogP contribution in [0.15, 0.2) is 29.8 Å². The fourth-order valence-corrected chi connectivity index (χ4v) is 1.41. The molecule has 0 aliphatic heterocycles. The van der Waals surface area contributed by atoms with E-state index in [9.17, 15) is 0 Å². The highest BCUT2D eigenvalue weighted by Gasteiger charge is 1.95. The first-order valence-corrected chi connectivity index (χ1v) is 5.26. The second-order valence-electron chi connectivity index (χ2n) is 3.46. The van der Waals surface area contributed by atoms with Gasteiger partial charge >= 0.3 is 0 Å². The largest absolute Gasteiger partial charge is 0.388 e. The summed E-state index contributed by atoms with van der Waals surface area (Å²) < 4.78 is 5.13. The van der Waals surface area contributed by atoms with Gasteiger partial charge in [0.2, 0.25) is 0 Å². The average Bonchev–Trinajstić information content (AvgIpc) is 2.29. The zero-order valence-corrected chi connectivity index (χ0v) is 9.71. The van der Waals surface area contributed by atoms with E-state index in [-0.39, 0.29) is 0 Å². The number of rotatable bonds is 5. The van der Waals surface area contributed by atoms with Gasteiger partial charge in [-0.3, -0.25) is 0 Å². The lowest BCUT2D eigenvalue weighted by Gasteiger charge is -2.04. The maximum atomic E-state index is 5.13. The van der Waals surface area contributed by atoms with Crippen molar-refractivity contribution in [2.45, 2.75) is 13.3 Å². The number of benzene rings is 1. The number of hydrogen-bond donors (Lipinski definition) is 1. The molecular weight excluding hydrogens is 186 g/mol. The molecule has 1 rings (SSSR count). The van der Waals surface area contributed by atoms with Crippen LogP contribution in [0.4, 0.5) is 5.69 Å². The Morgan fingerprint density at radius 2 is 2.00 bits per heavy atom. The first-order chi connectivity index (χ1) is 7.30. The van der Waals surface area contributed by atoms with E-state index in [1.807, 2.05) is 7.05 Å². The molecule has 15 heavy (non-hydrogen) atoms. The van der Waals surface area contributed by atoms with E-state index in [0.717, 1.165) is 12.1 Å². The molecule has 0 aliphatic rings. The van der Waals surface area contributed by atoms with Crippen LogP contribution in [0.5, 0.6) is 0 Å². The van der Waals surface area contributed by atoms with Crippen molar-refractivity contribution in [3.63, 3.8) is 0 Å². The number of anilines is 1. The Kier molecular flexibility index (Phi) is 4.91. The van der Waals surface area contributed by atoms with Crippen LogP contribution in [0, 0.1) is 0 Å². The highest BCUT2D eigenvalue weighted by molar-refractivity contribution is 5.57. The van der Waals surface area contributed by atoms with Crippen molar-refractivity contribution >= 4 is 11.8 Å². The van der Waals surface area contributed by atoms with Gasteiger partial charge in [-0.1, -0.05) is 25.1 Å². The summed E-state index contributed by atoms with van der Waals surface area (Å²) in [7, 11) is 3.65. The van der Waals surface area contributed by atoms with Crippen LogP contribution in [0.1, 0.15) is 18.9 Å². The first kappa shape index (κ1) is 11.8. The van der Waals surface area contributed by atoms with Crippen LogP contribution < -0.4 is 5.32 Å². The minimum atomic E-state index is 0.713. The van der Waals surface area contributed by atoms with E-state index in [0.29, 0.717) is 6.61 Å². The molecular formula is C13H19NO. The zero-order chi connectivity index (χ0) is 11.1. The minimum Gasteiger partial charge on any atom is -0.388 e. The van der Waals surface area contributed by atoms with Gasteiger partial charge < -0.3 is 10.1 Å². The summed E-state index contributed by atoms with van der Waals surface area (Å²) in [5.41, 5.74) is 3.68. The standard InChI is InChI=1S/C13H19NO/c1-4-11(10-15-3)9-12-5-7-13(14-2)8-6-12/h5-9,14H,4,10H2,1-3H3/b11-9+. The molecule has 1 N–H and O–H groups in total. The van der Waals surface area contributed by atoms with Crippen LogP contribution in [-0.2, 0) is 4.74 Å². The van der Waals surface area contributed by atoms with E-state index >= 15 is 0 Å². The number of hydrogen-bond acceptors (Lipinski definition) is 2. The number of ether oxygens (including phenoxy) is 1. The number of nitrogens with one attached hydrogen (secondary N) is 1. The molecule has 0 fully saturated rings. The summed E-state index contributed by atoms with van der Waals surface area (Å²) in [6.07, 6.45) is 3.21. The van der Waals surface area contributed by atoms with E-state index < -0.39 is 0 Å². The third-order valence-corrected chi connectivity index (χ3v) is 2.35. The van der Waals surface area contributed by atoms with Crippen molar-refractivity contribution in [1.29, 1.82) is 0 Å². The Balaban J connectivity index is 2.77. The van der Waals surface area contributed by atoms with E-state index in [1.54, 1.807) is 7.11 Å². The van der Waals surface area contributed by atoms with Gasteiger partial charge in [0.25, 0.3) is 0 Å².